The first-order valence-corrected chi connectivity index (χ1v) is 8.39. The SMILES string of the molecule is Cc1cc(C)cc(C2=CCN(C(=O)[C@@H]3CC[C@H](C(=O)O)O3)CC2)c1. The molecule has 1 fully saturated rings. The third-order valence-electron chi connectivity index (χ3n) is 4.68. The number of benzene rings is 1. The van der Waals surface area contributed by atoms with Crippen LogP contribution in [0.15, 0.2) is 24.3 Å². The Hall–Kier alpha value is -2.14. The van der Waals surface area contributed by atoms with Crippen LogP contribution < -0.4 is 0 Å². The fourth-order valence-electron chi connectivity index (χ4n) is 3.50. The standard InChI is InChI=1S/C19H23NO4/c1-12-9-13(2)11-15(10-12)14-5-7-20(8-6-14)18(21)16-3-4-17(24-16)19(22)23/h5,9-11,16-17H,3-4,6-8H2,1-2H3,(H,22,23)/t16-,17+/m0/s1. The number of carboxylic acid groups (broad SMARTS) is 1. The molecule has 2 heterocycles. The molecule has 128 valence electrons. The molecule has 0 aliphatic carbocycles. The van der Waals surface area contributed by atoms with Gasteiger partial charge in [-0.15, -0.1) is 0 Å². The Kier molecular flexibility index (Phi) is 4.71. The first-order chi connectivity index (χ1) is 11.4. The van der Waals surface area contributed by atoms with E-state index in [4.69, 9.17) is 9.84 Å². The molecule has 1 saturated heterocycles. The van der Waals surface area contributed by atoms with Gasteiger partial charge in [-0.05, 0) is 44.2 Å². The predicted molar refractivity (Wildman–Crippen MR) is 90.6 cm³/mol. The zero-order chi connectivity index (χ0) is 17.3. The Bertz CT molecular complexity index is 674. The molecule has 1 aromatic carbocycles. The fourth-order valence-corrected chi connectivity index (χ4v) is 3.50. The largest absolute Gasteiger partial charge is 0.479 e. The molecule has 0 spiro atoms. The summed E-state index contributed by atoms with van der Waals surface area (Å²) in [6.45, 7) is 5.38. The van der Waals surface area contributed by atoms with E-state index in [0.29, 0.717) is 25.9 Å². The summed E-state index contributed by atoms with van der Waals surface area (Å²) in [5.41, 5.74) is 4.97. The van der Waals surface area contributed by atoms with Gasteiger partial charge < -0.3 is 14.7 Å². The van der Waals surface area contributed by atoms with Crippen molar-refractivity contribution in [3.8, 4) is 0 Å². The highest BCUT2D eigenvalue weighted by atomic mass is 16.5. The van der Waals surface area contributed by atoms with Crippen LogP contribution in [-0.4, -0.2) is 47.2 Å². The number of rotatable bonds is 3. The number of nitrogens with zero attached hydrogens (tertiary/aromatic N) is 1. The third kappa shape index (κ3) is 3.51. The molecule has 0 bridgehead atoms. The molecule has 1 aromatic rings. The molecule has 2 atom stereocenters. The molecule has 5 nitrogen and oxygen atoms in total. The molecule has 0 saturated carbocycles. The number of aliphatic carboxylic acids is 1. The predicted octanol–water partition coefficient (Wildman–Crippen LogP) is 2.55. The second-order valence-corrected chi connectivity index (χ2v) is 6.67. The van der Waals surface area contributed by atoms with Gasteiger partial charge in [0.05, 0.1) is 0 Å². The number of carboxylic acids is 1. The monoisotopic (exact) mass is 329 g/mol. The molecule has 0 aromatic heterocycles. The smallest absolute Gasteiger partial charge is 0.332 e. The van der Waals surface area contributed by atoms with Crippen LogP contribution >= 0.6 is 0 Å². The van der Waals surface area contributed by atoms with Crippen molar-refractivity contribution in [2.75, 3.05) is 13.1 Å². The Morgan fingerprint density at radius 1 is 1.12 bits per heavy atom. The molecular formula is C19H23NO4. The first kappa shape index (κ1) is 16.7. The van der Waals surface area contributed by atoms with Gasteiger partial charge in [0.25, 0.3) is 5.91 Å². The van der Waals surface area contributed by atoms with Crippen LogP contribution in [0.25, 0.3) is 5.57 Å². The van der Waals surface area contributed by atoms with Gasteiger partial charge in [0, 0.05) is 13.1 Å². The van der Waals surface area contributed by atoms with Crippen molar-refractivity contribution in [2.45, 2.75) is 45.3 Å². The van der Waals surface area contributed by atoms with E-state index in [-0.39, 0.29) is 5.91 Å². The highest BCUT2D eigenvalue weighted by Crippen LogP contribution is 2.27. The topological polar surface area (TPSA) is 66.8 Å². The number of carbonyl (C=O) groups is 2. The highest BCUT2D eigenvalue weighted by Gasteiger charge is 2.37. The number of carbonyl (C=O) groups excluding carboxylic acids is 1. The van der Waals surface area contributed by atoms with Crippen molar-refractivity contribution >= 4 is 17.4 Å². The molecular weight excluding hydrogens is 306 g/mol. The van der Waals surface area contributed by atoms with E-state index in [9.17, 15) is 9.59 Å². The van der Waals surface area contributed by atoms with Crippen molar-refractivity contribution in [3.05, 3.63) is 41.0 Å². The quantitative estimate of drug-likeness (QED) is 0.925. The van der Waals surface area contributed by atoms with Crippen LogP contribution in [0.4, 0.5) is 0 Å². The second-order valence-electron chi connectivity index (χ2n) is 6.67. The highest BCUT2D eigenvalue weighted by molar-refractivity contribution is 5.84. The number of aryl methyl sites for hydroxylation is 2. The van der Waals surface area contributed by atoms with Gasteiger partial charge in [-0.3, -0.25) is 4.79 Å². The lowest BCUT2D eigenvalue weighted by atomic mass is 9.96. The fraction of sp³-hybridized carbons (Fsp3) is 0.474. The van der Waals surface area contributed by atoms with Gasteiger partial charge in [-0.1, -0.05) is 35.4 Å². The van der Waals surface area contributed by atoms with Crippen molar-refractivity contribution < 1.29 is 19.4 Å². The van der Waals surface area contributed by atoms with E-state index >= 15 is 0 Å². The van der Waals surface area contributed by atoms with E-state index in [2.05, 4.69) is 38.1 Å². The Balaban J connectivity index is 1.64. The van der Waals surface area contributed by atoms with E-state index < -0.39 is 18.2 Å². The molecule has 1 amide bonds. The second kappa shape index (κ2) is 6.77. The molecule has 24 heavy (non-hydrogen) atoms. The van der Waals surface area contributed by atoms with Gasteiger partial charge in [-0.25, -0.2) is 4.79 Å². The molecule has 2 aliphatic rings. The number of amides is 1. The van der Waals surface area contributed by atoms with E-state index in [1.54, 1.807) is 4.90 Å². The third-order valence-corrected chi connectivity index (χ3v) is 4.68. The summed E-state index contributed by atoms with van der Waals surface area (Å²) in [6.07, 6.45) is 2.35. The van der Waals surface area contributed by atoms with Crippen molar-refractivity contribution in [1.82, 2.24) is 4.90 Å². The van der Waals surface area contributed by atoms with Crippen molar-refractivity contribution in [1.29, 1.82) is 0 Å². The van der Waals surface area contributed by atoms with Crippen LogP contribution in [0.5, 0.6) is 0 Å². The Morgan fingerprint density at radius 3 is 2.33 bits per heavy atom. The maximum absolute atomic E-state index is 12.5. The maximum atomic E-state index is 12.5. The van der Waals surface area contributed by atoms with Gasteiger partial charge in [-0.2, -0.15) is 0 Å². The number of hydrogen-bond donors (Lipinski definition) is 1. The van der Waals surface area contributed by atoms with Gasteiger partial charge >= 0.3 is 5.97 Å². The summed E-state index contributed by atoms with van der Waals surface area (Å²) in [5, 5.41) is 8.97. The molecule has 2 aliphatic heterocycles. The lowest BCUT2D eigenvalue weighted by Gasteiger charge is -2.29. The molecule has 5 heteroatoms. The van der Waals surface area contributed by atoms with Crippen LogP contribution in [0.1, 0.15) is 36.0 Å². The molecule has 3 rings (SSSR count). The van der Waals surface area contributed by atoms with Crippen LogP contribution in [0, 0.1) is 13.8 Å². The normalized spacial score (nSPS) is 23.9. The van der Waals surface area contributed by atoms with E-state index in [0.717, 1.165) is 6.42 Å². The van der Waals surface area contributed by atoms with Crippen molar-refractivity contribution in [2.24, 2.45) is 0 Å². The summed E-state index contributed by atoms with van der Waals surface area (Å²) in [7, 11) is 0. The Morgan fingerprint density at radius 2 is 1.79 bits per heavy atom. The minimum atomic E-state index is -0.985. The lowest BCUT2D eigenvalue weighted by Crippen LogP contribution is -2.41. The molecule has 0 radical (unpaired) electrons. The zero-order valence-corrected chi connectivity index (χ0v) is 14.1. The minimum absolute atomic E-state index is 0.0885. The summed E-state index contributed by atoms with van der Waals surface area (Å²) in [5.74, 6) is -1.07. The average Bonchev–Trinajstić information content (AvgIpc) is 3.03. The van der Waals surface area contributed by atoms with Crippen LogP contribution in [0.2, 0.25) is 0 Å². The average molecular weight is 329 g/mol. The number of ether oxygens (including phenoxy) is 1. The lowest BCUT2D eigenvalue weighted by molar-refractivity contribution is -0.154. The summed E-state index contributed by atoms with van der Waals surface area (Å²) < 4.78 is 5.37. The summed E-state index contributed by atoms with van der Waals surface area (Å²) in [6, 6.07) is 6.50. The zero-order valence-electron chi connectivity index (χ0n) is 14.1. The summed E-state index contributed by atoms with van der Waals surface area (Å²) >= 11 is 0. The Labute approximate surface area is 141 Å². The first-order valence-electron chi connectivity index (χ1n) is 8.39. The molecule has 0 unspecified atom stereocenters. The van der Waals surface area contributed by atoms with Crippen molar-refractivity contribution in [3.63, 3.8) is 0 Å². The van der Waals surface area contributed by atoms with E-state index in [1.807, 2.05) is 0 Å². The van der Waals surface area contributed by atoms with Crippen LogP contribution in [-0.2, 0) is 14.3 Å². The molecule has 1 N–H and O–H groups in total. The van der Waals surface area contributed by atoms with Gasteiger partial charge in [0.15, 0.2) is 6.10 Å². The van der Waals surface area contributed by atoms with Gasteiger partial charge in [0.1, 0.15) is 6.10 Å². The minimum Gasteiger partial charge on any atom is -0.479 e. The maximum Gasteiger partial charge on any atom is 0.332 e. The van der Waals surface area contributed by atoms with Gasteiger partial charge in [0.2, 0.25) is 0 Å². The number of hydrogen-bond acceptors (Lipinski definition) is 3. The van der Waals surface area contributed by atoms with E-state index in [1.165, 1.54) is 22.3 Å². The van der Waals surface area contributed by atoms with Crippen LogP contribution in [0.3, 0.4) is 0 Å². The summed E-state index contributed by atoms with van der Waals surface area (Å²) in [4.78, 5) is 25.2.